The number of carbonyl (C=O) groups is 1. The summed E-state index contributed by atoms with van der Waals surface area (Å²) in [4.78, 5) is 10.4. The number of nitrogens with zero attached hydrogens (tertiary/aromatic N) is 1. The molecule has 0 aliphatic carbocycles. The summed E-state index contributed by atoms with van der Waals surface area (Å²) in [5.41, 5.74) is 0. The van der Waals surface area contributed by atoms with Crippen molar-refractivity contribution in [3.8, 4) is 17.9 Å². The minimum atomic E-state index is -0.526. The molecule has 0 bridgehead atoms. The fraction of sp³-hybridized carbons (Fsp3) is 0.500. The van der Waals surface area contributed by atoms with Gasteiger partial charge >= 0.3 is 5.97 Å². The first-order valence-corrected chi connectivity index (χ1v) is 3.25. The van der Waals surface area contributed by atoms with E-state index in [0.29, 0.717) is 19.3 Å². The summed E-state index contributed by atoms with van der Waals surface area (Å²) in [6.07, 6.45) is 1.76. The Labute approximate surface area is 66.0 Å². The predicted molar refractivity (Wildman–Crippen MR) is 39.3 cm³/mol. The molecule has 0 saturated heterocycles. The van der Waals surface area contributed by atoms with Crippen LogP contribution in [0, 0.1) is 23.2 Å². The zero-order valence-electron chi connectivity index (χ0n) is 6.39. The van der Waals surface area contributed by atoms with Gasteiger partial charge in [0.1, 0.15) is 0 Å². The Balaban J connectivity index is 3.42. The van der Waals surface area contributed by atoms with E-state index in [0.717, 1.165) is 0 Å². The van der Waals surface area contributed by atoms with Crippen LogP contribution < -0.4 is 0 Å². The van der Waals surface area contributed by atoms with Crippen LogP contribution in [0.4, 0.5) is 0 Å². The van der Waals surface area contributed by atoms with Gasteiger partial charge in [-0.05, 0) is 6.42 Å². The summed E-state index contributed by atoms with van der Waals surface area (Å²) in [6, 6.07) is 1.99. The van der Waals surface area contributed by atoms with E-state index in [1.807, 2.05) is 6.07 Å². The van der Waals surface area contributed by atoms with Gasteiger partial charge in [-0.15, -0.1) is 0 Å². The first kappa shape index (κ1) is 9.52. The third-order valence-corrected chi connectivity index (χ3v) is 0.966. The van der Waals surface area contributed by atoms with Gasteiger partial charge in [0.2, 0.25) is 0 Å². The van der Waals surface area contributed by atoms with Crippen molar-refractivity contribution in [2.24, 2.45) is 0 Å². The number of ether oxygens (including phenoxy) is 1. The second-order valence-electron chi connectivity index (χ2n) is 1.81. The largest absolute Gasteiger partial charge is 0.459 e. The third kappa shape index (κ3) is 6.40. The fourth-order valence-corrected chi connectivity index (χ4v) is 0.442. The van der Waals surface area contributed by atoms with Crippen molar-refractivity contribution in [2.75, 3.05) is 7.11 Å². The molecule has 0 radical (unpaired) electrons. The lowest BCUT2D eigenvalue weighted by Crippen LogP contribution is -1.93. The maximum atomic E-state index is 10.4. The molecule has 0 aliphatic rings. The van der Waals surface area contributed by atoms with Crippen molar-refractivity contribution in [1.82, 2.24) is 0 Å². The average Bonchev–Trinajstić information content (AvgIpc) is 2.04. The number of esters is 1. The smallest absolute Gasteiger partial charge is 0.384 e. The van der Waals surface area contributed by atoms with Crippen molar-refractivity contribution in [3.63, 3.8) is 0 Å². The Hall–Kier alpha value is -1.48. The Morgan fingerprint density at radius 3 is 2.82 bits per heavy atom. The number of carbonyl (C=O) groups excluding carboxylic acids is 1. The molecule has 0 saturated carbocycles. The molecule has 0 spiro atoms. The van der Waals surface area contributed by atoms with E-state index in [2.05, 4.69) is 16.6 Å². The van der Waals surface area contributed by atoms with Gasteiger partial charge in [-0.25, -0.2) is 4.79 Å². The van der Waals surface area contributed by atoms with Crippen LogP contribution >= 0.6 is 0 Å². The number of unbranched alkanes of at least 4 members (excludes halogenated alkanes) is 2. The molecule has 0 aromatic rings. The molecule has 58 valence electrons. The van der Waals surface area contributed by atoms with Crippen LogP contribution in [0.2, 0.25) is 0 Å². The van der Waals surface area contributed by atoms with Crippen LogP contribution in [0.15, 0.2) is 0 Å². The van der Waals surface area contributed by atoms with Crippen LogP contribution in [0.3, 0.4) is 0 Å². The van der Waals surface area contributed by atoms with E-state index in [-0.39, 0.29) is 0 Å². The average molecular weight is 151 g/mol. The van der Waals surface area contributed by atoms with Gasteiger partial charge in [-0.2, -0.15) is 5.26 Å². The lowest BCUT2D eigenvalue weighted by atomic mass is 10.2. The van der Waals surface area contributed by atoms with Crippen molar-refractivity contribution >= 4 is 5.97 Å². The Morgan fingerprint density at radius 2 is 2.27 bits per heavy atom. The molecule has 0 aromatic heterocycles. The van der Waals surface area contributed by atoms with Crippen molar-refractivity contribution in [2.45, 2.75) is 19.3 Å². The van der Waals surface area contributed by atoms with E-state index >= 15 is 0 Å². The Kier molecular flexibility index (Phi) is 5.74. The second kappa shape index (κ2) is 6.64. The monoisotopic (exact) mass is 151 g/mol. The molecule has 3 nitrogen and oxygen atoms in total. The predicted octanol–water partition coefficient (Wildman–Crippen LogP) is 0.857. The zero-order valence-corrected chi connectivity index (χ0v) is 6.39. The summed E-state index contributed by atoms with van der Waals surface area (Å²) >= 11 is 0. The van der Waals surface area contributed by atoms with E-state index in [1.165, 1.54) is 7.11 Å². The fourth-order valence-electron chi connectivity index (χ4n) is 0.442. The number of methoxy groups -OCH3 is 1. The summed E-state index contributed by atoms with van der Waals surface area (Å²) in [5.74, 6) is 4.34. The lowest BCUT2D eigenvalue weighted by Gasteiger charge is -1.84. The molecule has 0 unspecified atom stereocenters. The zero-order chi connectivity index (χ0) is 8.53. The van der Waals surface area contributed by atoms with Gasteiger partial charge in [0.15, 0.2) is 0 Å². The standard InChI is InChI=1S/C8H9NO2/c1-11-8(10)6-4-2-3-5-7-9/h2-3,5H2,1H3. The molecule has 0 rings (SSSR count). The highest BCUT2D eigenvalue weighted by molar-refractivity contribution is 5.88. The molecule has 3 heteroatoms. The Bertz CT molecular complexity index is 216. The quantitative estimate of drug-likeness (QED) is 0.254. The van der Waals surface area contributed by atoms with Crippen molar-refractivity contribution in [3.05, 3.63) is 0 Å². The van der Waals surface area contributed by atoms with Gasteiger partial charge < -0.3 is 4.74 Å². The Morgan fingerprint density at radius 1 is 1.55 bits per heavy atom. The van der Waals surface area contributed by atoms with Crippen molar-refractivity contribution in [1.29, 1.82) is 5.26 Å². The van der Waals surface area contributed by atoms with Gasteiger partial charge in [0, 0.05) is 18.8 Å². The summed E-state index contributed by atoms with van der Waals surface area (Å²) in [5, 5.41) is 8.13. The minimum absolute atomic E-state index is 0.482. The normalized spacial score (nSPS) is 7.27. The van der Waals surface area contributed by atoms with Gasteiger partial charge in [-0.3, -0.25) is 0 Å². The third-order valence-electron chi connectivity index (χ3n) is 0.966. The number of hydrogen-bond acceptors (Lipinski definition) is 3. The SMILES string of the molecule is COC(=O)C#CCCCC#N. The maximum absolute atomic E-state index is 10.4. The molecule has 0 fully saturated rings. The molecular weight excluding hydrogens is 142 g/mol. The lowest BCUT2D eigenvalue weighted by molar-refractivity contribution is -0.133. The van der Waals surface area contributed by atoms with E-state index in [4.69, 9.17) is 5.26 Å². The van der Waals surface area contributed by atoms with Crippen LogP contribution in [-0.4, -0.2) is 13.1 Å². The number of hydrogen-bond donors (Lipinski definition) is 0. The first-order valence-electron chi connectivity index (χ1n) is 3.25. The molecule has 0 atom stereocenters. The number of nitriles is 1. The van der Waals surface area contributed by atoms with Crippen LogP contribution in [0.25, 0.3) is 0 Å². The first-order chi connectivity index (χ1) is 5.31. The summed E-state index contributed by atoms with van der Waals surface area (Å²) in [6.45, 7) is 0. The number of rotatable bonds is 2. The summed E-state index contributed by atoms with van der Waals surface area (Å²) < 4.78 is 4.28. The molecule has 0 N–H and O–H groups in total. The van der Waals surface area contributed by atoms with Crippen molar-refractivity contribution < 1.29 is 9.53 Å². The van der Waals surface area contributed by atoms with Crippen LogP contribution in [-0.2, 0) is 9.53 Å². The minimum Gasteiger partial charge on any atom is -0.459 e. The van der Waals surface area contributed by atoms with Gasteiger partial charge in [0.05, 0.1) is 13.2 Å². The highest BCUT2D eigenvalue weighted by Crippen LogP contribution is 1.90. The topological polar surface area (TPSA) is 50.1 Å². The summed E-state index contributed by atoms with van der Waals surface area (Å²) in [7, 11) is 1.28. The molecule has 0 heterocycles. The highest BCUT2D eigenvalue weighted by atomic mass is 16.5. The van der Waals surface area contributed by atoms with Gasteiger partial charge in [-0.1, -0.05) is 5.92 Å². The molecule has 11 heavy (non-hydrogen) atoms. The van der Waals surface area contributed by atoms with Crippen LogP contribution in [0.1, 0.15) is 19.3 Å². The van der Waals surface area contributed by atoms with E-state index in [1.54, 1.807) is 0 Å². The van der Waals surface area contributed by atoms with E-state index in [9.17, 15) is 4.79 Å². The molecular formula is C8H9NO2. The molecule has 0 amide bonds. The highest BCUT2D eigenvalue weighted by Gasteiger charge is 1.87. The van der Waals surface area contributed by atoms with E-state index < -0.39 is 5.97 Å². The second-order valence-corrected chi connectivity index (χ2v) is 1.81. The molecule has 0 aromatic carbocycles. The molecule has 0 aliphatic heterocycles. The van der Waals surface area contributed by atoms with Crippen LogP contribution in [0.5, 0.6) is 0 Å². The van der Waals surface area contributed by atoms with Gasteiger partial charge in [0.25, 0.3) is 0 Å². The maximum Gasteiger partial charge on any atom is 0.384 e.